The van der Waals surface area contributed by atoms with Gasteiger partial charge in [-0.3, -0.25) is 9.59 Å². The third-order valence-corrected chi connectivity index (χ3v) is 5.24. The molecule has 0 bridgehead atoms. The van der Waals surface area contributed by atoms with Gasteiger partial charge in [-0.25, -0.2) is 0 Å². The van der Waals surface area contributed by atoms with E-state index in [0.29, 0.717) is 11.5 Å². The minimum absolute atomic E-state index is 0.0394. The number of nitrogens with zero attached hydrogens (tertiary/aromatic N) is 1. The van der Waals surface area contributed by atoms with Crippen molar-refractivity contribution in [1.82, 2.24) is 10.2 Å². The van der Waals surface area contributed by atoms with Gasteiger partial charge in [0.25, 0.3) is 5.91 Å². The van der Waals surface area contributed by atoms with Crippen LogP contribution in [0.5, 0.6) is 11.5 Å². The molecule has 2 aromatic rings. The smallest absolute Gasteiger partial charge is 0.261 e. The van der Waals surface area contributed by atoms with Crippen LogP contribution in [-0.2, 0) is 21.5 Å². The predicted molar refractivity (Wildman–Crippen MR) is 132 cm³/mol. The van der Waals surface area contributed by atoms with Gasteiger partial charge in [-0.05, 0) is 68.5 Å². The van der Waals surface area contributed by atoms with E-state index in [2.05, 4.69) is 26.1 Å². The van der Waals surface area contributed by atoms with E-state index in [-0.39, 0.29) is 30.4 Å². The Labute approximate surface area is 198 Å². The van der Waals surface area contributed by atoms with Crippen molar-refractivity contribution in [2.24, 2.45) is 0 Å². The topological polar surface area (TPSA) is 67.9 Å². The summed E-state index contributed by atoms with van der Waals surface area (Å²) in [6, 6.07) is 14.6. The Hall–Kier alpha value is -3.02. The zero-order chi connectivity index (χ0) is 24.8. The van der Waals surface area contributed by atoms with E-state index in [0.717, 1.165) is 5.56 Å². The highest BCUT2D eigenvalue weighted by molar-refractivity contribution is 5.88. The minimum atomic E-state index is -0.671. The van der Waals surface area contributed by atoms with Gasteiger partial charge in [0.1, 0.15) is 17.5 Å². The third kappa shape index (κ3) is 8.12. The molecule has 2 aromatic carbocycles. The van der Waals surface area contributed by atoms with Crippen molar-refractivity contribution in [2.75, 3.05) is 13.7 Å². The number of ether oxygens (including phenoxy) is 2. The van der Waals surface area contributed by atoms with Crippen molar-refractivity contribution in [3.05, 3.63) is 59.7 Å². The van der Waals surface area contributed by atoms with Gasteiger partial charge in [0.2, 0.25) is 5.91 Å². The van der Waals surface area contributed by atoms with E-state index in [1.165, 1.54) is 5.56 Å². The van der Waals surface area contributed by atoms with Crippen LogP contribution in [0, 0.1) is 0 Å². The molecule has 0 spiro atoms. The fraction of sp³-hybridized carbons (Fsp3) is 0.481. The summed E-state index contributed by atoms with van der Waals surface area (Å²) in [5.74, 6) is 0.828. The molecule has 0 heterocycles. The monoisotopic (exact) mass is 454 g/mol. The first kappa shape index (κ1) is 26.2. The standard InChI is InChI=1S/C27H38N2O4/c1-19(25(31)28-27(5,6)7)29(17-20-10-9-11-23(16-20)32-8)24(30)18-33-22-14-12-21(13-15-22)26(2,3)4/h9-16,19H,17-18H2,1-8H3,(H,28,31). The molecular formula is C27H38N2O4. The minimum Gasteiger partial charge on any atom is -0.497 e. The Morgan fingerprint density at radius 2 is 1.61 bits per heavy atom. The van der Waals surface area contributed by atoms with Crippen LogP contribution < -0.4 is 14.8 Å². The summed E-state index contributed by atoms with van der Waals surface area (Å²) in [5.41, 5.74) is 1.69. The second-order valence-corrected chi connectivity index (χ2v) is 10.4. The number of rotatable bonds is 8. The maximum Gasteiger partial charge on any atom is 0.261 e. The Balaban J connectivity index is 2.18. The molecule has 2 amide bonds. The van der Waals surface area contributed by atoms with Gasteiger partial charge >= 0.3 is 0 Å². The quantitative estimate of drug-likeness (QED) is 0.628. The number of hydrogen-bond donors (Lipinski definition) is 1. The van der Waals surface area contributed by atoms with E-state index in [1.807, 2.05) is 69.3 Å². The van der Waals surface area contributed by atoms with Crippen LogP contribution in [-0.4, -0.2) is 42.0 Å². The Morgan fingerprint density at radius 3 is 2.15 bits per heavy atom. The molecule has 0 aliphatic rings. The van der Waals surface area contributed by atoms with E-state index >= 15 is 0 Å². The molecular weight excluding hydrogens is 416 g/mol. The summed E-state index contributed by atoms with van der Waals surface area (Å²) in [5, 5.41) is 2.96. The fourth-order valence-corrected chi connectivity index (χ4v) is 3.30. The van der Waals surface area contributed by atoms with Crippen molar-refractivity contribution in [2.45, 2.75) is 72.0 Å². The largest absolute Gasteiger partial charge is 0.497 e. The summed E-state index contributed by atoms with van der Waals surface area (Å²) in [6.07, 6.45) is 0. The number of carbonyl (C=O) groups excluding carboxylic acids is 2. The first-order valence-corrected chi connectivity index (χ1v) is 11.3. The van der Waals surface area contributed by atoms with Crippen LogP contribution in [0.4, 0.5) is 0 Å². The number of nitrogens with one attached hydrogen (secondary N) is 1. The average molecular weight is 455 g/mol. The van der Waals surface area contributed by atoms with Crippen LogP contribution in [0.25, 0.3) is 0 Å². The van der Waals surface area contributed by atoms with Crippen LogP contribution in [0.15, 0.2) is 48.5 Å². The SMILES string of the molecule is COc1cccc(CN(C(=O)COc2ccc(C(C)(C)C)cc2)C(C)C(=O)NC(C)(C)C)c1. The molecule has 2 rings (SSSR count). The molecule has 6 heteroatoms. The third-order valence-electron chi connectivity index (χ3n) is 5.24. The molecule has 33 heavy (non-hydrogen) atoms. The van der Waals surface area contributed by atoms with Gasteiger partial charge in [0.05, 0.1) is 7.11 Å². The molecule has 0 saturated carbocycles. The van der Waals surface area contributed by atoms with E-state index in [9.17, 15) is 9.59 Å². The molecule has 0 radical (unpaired) electrons. The highest BCUT2D eigenvalue weighted by Crippen LogP contribution is 2.24. The number of benzene rings is 2. The van der Waals surface area contributed by atoms with Crippen LogP contribution in [0.1, 0.15) is 59.6 Å². The summed E-state index contributed by atoms with van der Waals surface area (Å²) < 4.78 is 11.1. The van der Waals surface area contributed by atoms with Gasteiger partial charge in [-0.15, -0.1) is 0 Å². The molecule has 180 valence electrons. The summed E-state index contributed by atoms with van der Waals surface area (Å²) >= 11 is 0. The first-order chi connectivity index (χ1) is 15.3. The maximum atomic E-state index is 13.2. The van der Waals surface area contributed by atoms with Gasteiger partial charge in [-0.1, -0.05) is 45.0 Å². The van der Waals surface area contributed by atoms with Crippen molar-refractivity contribution in [3.8, 4) is 11.5 Å². The predicted octanol–water partition coefficient (Wildman–Crippen LogP) is 4.70. The number of amides is 2. The van der Waals surface area contributed by atoms with Gasteiger partial charge in [0, 0.05) is 12.1 Å². The van der Waals surface area contributed by atoms with Gasteiger partial charge in [-0.2, -0.15) is 0 Å². The average Bonchev–Trinajstić information content (AvgIpc) is 2.74. The maximum absolute atomic E-state index is 13.2. The molecule has 0 fully saturated rings. The fourth-order valence-electron chi connectivity index (χ4n) is 3.30. The van der Waals surface area contributed by atoms with E-state index < -0.39 is 11.6 Å². The van der Waals surface area contributed by atoms with Crippen LogP contribution in [0.3, 0.4) is 0 Å². The summed E-state index contributed by atoms with van der Waals surface area (Å²) in [6.45, 7) is 14.0. The molecule has 0 aliphatic heterocycles. The number of methoxy groups -OCH3 is 1. The molecule has 0 saturated heterocycles. The zero-order valence-corrected chi connectivity index (χ0v) is 21.2. The lowest BCUT2D eigenvalue weighted by Crippen LogP contribution is -2.53. The Kier molecular flexibility index (Phi) is 8.53. The lowest BCUT2D eigenvalue weighted by molar-refractivity contribution is -0.142. The van der Waals surface area contributed by atoms with Crippen molar-refractivity contribution in [3.63, 3.8) is 0 Å². The second-order valence-electron chi connectivity index (χ2n) is 10.4. The van der Waals surface area contributed by atoms with Crippen LogP contribution in [0.2, 0.25) is 0 Å². The Morgan fingerprint density at radius 1 is 0.970 bits per heavy atom. The molecule has 1 unspecified atom stereocenters. The van der Waals surface area contributed by atoms with Crippen LogP contribution >= 0.6 is 0 Å². The van der Waals surface area contributed by atoms with Gasteiger partial charge < -0.3 is 19.7 Å². The van der Waals surface area contributed by atoms with Crippen molar-refractivity contribution < 1.29 is 19.1 Å². The summed E-state index contributed by atoms with van der Waals surface area (Å²) in [7, 11) is 1.60. The van der Waals surface area contributed by atoms with Crippen molar-refractivity contribution >= 4 is 11.8 Å². The molecule has 6 nitrogen and oxygen atoms in total. The molecule has 1 atom stereocenters. The molecule has 0 aliphatic carbocycles. The Bertz CT molecular complexity index is 940. The highest BCUT2D eigenvalue weighted by atomic mass is 16.5. The first-order valence-electron chi connectivity index (χ1n) is 11.3. The summed E-state index contributed by atoms with van der Waals surface area (Å²) in [4.78, 5) is 27.6. The molecule has 0 aromatic heterocycles. The number of carbonyl (C=O) groups is 2. The second kappa shape index (κ2) is 10.7. The van der Waals surface area contributed by atoms with E-state index in [1.54, 1.807) is 18.9 Å². The lowest BCUT2D eigenvalue weighted by atomic mass is 9.87. The van der Waals surface area contributed by atoms with E-state index in [4.69, 9.17) is 9.47 Å². The zero-order valence-electron chi connectivity index (χ0n) is 21.2. The highest BCUT2D eigenvalue weighted by Gasteiger charge is 2.28. The molecule has 1 N–H and O–H groups in total. The van der Waals surface area contributed by atoms with Gasteiger partial charge in [0.15, 0.2) is 6.61 Å². The normalized spacial score (nSPS) is 12.6. The lowest BCUT2D eigenvalue weighted by Gasteiger charge is -2.31. The van der Waals surface area contributed by atoms with Crippen molar-refractivity contribution in [1.29, 1.82) is 0 Å². The number of hydrogen-bond acceptors (Lipinski definition) is 4.